The van der Waals surface area contributed by atoms with Crippen LogP contribution < -0.4 is 10.1 Å². The summed E-state index contributed by atoms with van der Waals surface area (Å²) in [6.45, 7) is -0.580. The SMILES string of the molecule is COc1ccc(C(NC(=O)Cn2ccc(C(F)(F)F)n2)C(=O)O)cc1Cl. The van der Waals surface area contributed by atoms with Gasteiger partial charge in [0, 0.05) is 6.20 Å². The number of carbonyl (C=O) groups is 2. The zero-order valence-corrected chi connectivity index (χ0v) is 14.0. The minimum Gasteiger partial charge on any atom is -0.495 e. The van der Waals surface area contributed by atoms with Gasteiger partial charge in [0.05, 0.1) is 12.1 Å². The van der Waals surface area contributed by atoms with E-state index >= 15 is 0 Å². The second kappa shape index (κ2) is 7.65. The van der Waals surface area contributed by atoms with Gasteiger partial charge < -0.3 is 15.2 Å². The van der Waals surface area contributed by atoms with Crippen molar-refractivity contribution in [2.24, 2.45) is 0 Å². The van der Waals surface area contributed by atoms with Crippen molar-refractivity contribution >= 4 is 23.5 Å². The quantitative estimate of drug-likeness (QED) is 0.789. The predicted octanol–water partition coefficient (Wildman–Crippen LogP) is 2.51. The van der Waals surface area contributed by atoms with Gasteiger partial charge in [-0.3, -0.25) is 9.48 Å². The second-order valence-corrected chi connectivity index (χ2v) is 5.54. The summed E-state index contributed by atoms with van der Waals surface area (Å²) in [5.41, 5.74) is -0.977. The van der Waals surface area contributed by atoms with E-state index in [9.17, 15) is 27.9 Å². The molecular weight excluding hydrogens is 379 g/mol. The monoisotopic (exact) mass is 391 g/mol. The number of rotatable bonds is 6. The van der Waals surface area contributed by atoms with Gasteiger partial charge in [-0.25, -0.2) is 4.79 Å². The number of carbonyl (C=O) groups excluding carboxylic acids is 1. The van der Waals surface area contributed by atoms with Gasteiger partial charge >= 0.3 is 12.1 Å². The molecule has 1 atom stereocenters. The van der Waals surface area contributed by atoms with Gasteiger partial charge in [-0.2, -0.15) is 18.3 Å². The lowest BCUT2D eigenvalue weighted by atomic mass is 10.1. The number of hydrogen-bond donors (Lipinski definition) is 2. The Morgan fingerprint density at radius 2 is 2.08 bits per heavy atom. The highest BCUT2D eigenvalue weighted by Crippen LogP contribution is 2.28. The first-order valence-electron chi connectivity index (χ1n) is 7.08. The summed E-state index contributed by atoms with van der Waals surface area (Å²) < 4.78 is 43.2. The first-order chi connectivity index (χ1) is 12.1. The van der Waals surface area contributed by atoms with Crippen LogP contribution >= 0.6 is 11.6 Å². The Bertz CT molecular complexity index is 823. The van der Waals surface area contributed by atoms with E-state index in [2.05, 4.69) is 10.4 Å². The fraction of sp³-hybridized carbons (Fsp3) is 0.267. The molecule has 2 N–H and O–H groups in total. The number of halogens is 4. The number of aliphatic carboxylic acids is 1. The minimum atomic E-state index is -4.63. The largest absolute Gasteiger partial charge is 0.495 e. The Morgan fingerprint density at radius 1 is 1.38 bits per heavy atom. The molecule has 0 fully saturated rings. The van der Waals surface area contributed by atoms with Crippen molar-refractivity contribution in [3.05, 3.63) is 46.7 Å². The number of carboxylic acids is 1. The number of ether oxygens (including phenoxy) is 1. The zero-order valence-electron chi connectivity index (χ0n) is 13.2. The molecule has 0 aliphatic carbocycles. The van der Waals surface area contributed by atoms with Crippen molar-refractivity contribution in [2.75, 3.05) is 7.11 Å². The first kappa shape index (κ1) is 19.6. The van der Waals surface area contributed by atoms with Gasteiger partial charge in [0.2, 0.25) is 5.91 Å². The second-order valence-electron chi connectivity index (χ2n) is 5.13. The fourth-order valence-corrected chi connectivity index (χ4v) is 2.37. The lowest BCUT2D eigenvalue weighted by Gasteiger charge is -2.16. The Hall–Kier alpha value is -2.75. The molecule has 0 aliphatic rings. The normalized spacial score (nSPS) is 12.5. The Morgan fingerprint density at radius 3 is 2.58 bits per heavy atom. The maximum absolute atomic E-state index is 12.5. The van der Waals surface area contributed by atoms with Gasteiger partial charge in [0.25, 0.3) is 0 Å². The highest BCUT2D eigenvalue weighted by Gasteiger charge is 2.33. The smallest absolute Gasteiger partial charge is 0.435 e. The standard InChI is InChI=1S/C15H13ClF3N3O4/c1-26-10-3-2-8(6-9(10)16)13(14(24)25)20-12(23)7-22-5-4-11(21-22)15(17,18)19/h2-6,13H,7H2,1H3,(H,20,23)(H,24,25). The molecule has 0 saturated carbocycles. The molecule has 0 saturated heterocycles. The summed E-state index contributed by atoms with van der Waals surface area (Å²) in [4.78, 5) is 23.4. The molecule has 1 amide bonds. The van der Waals surface area contributed by atoms with Crippen LogP contribution in [-0.2, 0) is 22.3 Å². The number of aromatic nitrogens is 2. The van der Waals surface area contributed by atoms with Crippen LogP contribution in [-0.4, -0.2) is 33.9 Å². The number of carboxylic acid groups (broad SMARTS) is 1. The summed E-state index contributed by atoms with van der Waals surface area (Å²) in [7, 11) is 1.39. The van der Waals surface area contributed by atoms with Gasteiger partial charge in [0.15, 0.2) is 11.7 Å². The van der Waals surface area contributed by atoms with Crippen LogP contribution in [0.4, 0.5) is 13.2 Å². The van der Waals surface area contributed by atoms with Crippen LogP contribution in [0.2, 0.25) is 5.02 Å². The number of amides is 1. The molecule has 1 aromatic heterocycles. The topological polar surface area (TPSA) is 93.5 Å². The number of hydrogen-bond acceptors (Lipinski definition) is 4. The van der Waals surface area contributed by atoms with Crippen LogP contribution in [0, 0.1) is 0 Å². The van der Waals surface area contributed by atoms with Gasteiger partial charge in [-0.1, -0.05) is 17.7 Å². The van der Waals surface area contributed by atoms with Crippen molar-refractivity contribution in [1.29, 1.82) is 0 Å². The number of benzene rings is 1. The van der Waals surface area contributed by atoms with E-state index in [1.165, 1.54) is 25.3 Å². The van der Waals surface area contributed by atoms with E-state index in [1.807, 2.05) is 0 Å². The summed E-state index contributed by atoms with van der Waals surface area (Å²) in [6.07, 6.45) is -3.66. The van der Waals surface area contributed by atoms with E-state index in [1.54, 1.807) is 0 Å². The Balaban J connectivity index is 2.12. The van der Waals surface area contributed by atoms with Crippen molar-refractivity contribution in [3.8, 4) is 5.75 Å². The molecule has 1 unspecified atom stereocenters. The maximum Gasteiger partial charge on any atom is 0.435 e. The number of methoxy groups -OCH3 is 1. The average molecular weight is 392 g/mol. The molecule has 140 valence electrons. The molecule has 0 radical (unpaired) electrons. The molecule has 26 heavy (non-hydrogen) atoms. The molecule has 11 heteroatoms. The average Bonchev–Trinajstić information content (AvgIpc) is 3.01. The Labute approximate surface area is 150 Å². The number of alkyl halides is 3. The number of nitrogens with one attached hydrogen (secondary N) is 1. The highest BCUT2D eigenvalue weighted by molar-refractivity contribution is 6.32. The van der Waals surface area contributed by atoms with Crippen LogP contribution in [0.15, 0.2) is 30.5 Å². The Kier molecular flexibility index (Phi) is 5.76. The predicted molar refractivity (Wildman–Crippen MR) is 83.8 cm³/mol. The lowest BCUT2D eigenvalue weighted by molar-refractivity contribution is -0.142. The van der Waals surface area contributed by atoms with E-state index in [0.29, 0.717) is 11.8 Å². The summed E-state index contributed by atoms with van der Waals surface area (Å²) in [6, 6.07) is 3.42. The molecule has 2 rings (SSSR count). The third-order valence-corrected chi connectivity index (χ3v) is 3.59. The van der Waals surface area contributed by atoms with Crippen LogP contribution in [0.25, 0.3) is 0 Å². The summed E-state index contributed by atoms with van der Waals surface area (Å²) in [5, 5.41) is 14.9. The molecule has 1 aromatic carbocycles. The molecule has 0 bridgehead atoms. The van der Waals surface area contributed by atoms with Crippen LogP contribution in [0.3, 0.4) is 0 Å². The van der Waals surface area contributed by atoms with Gasteiger partial charge in [-0.05, 0) is 23.8 Å². The van der Waals surface area contributed by atoms with Crippen molar-refractivity contribution in [2.45, 2.75) is 18.8 Å². The summed E-state index contributed by atoms with van der Waals surface area (Å²) in [5.74, 6) is -1.88. The van der Waals surface area contributed by atoms with Crippen molar-refractivity contribution in [1.82, 2.24) is 15.1 Å². The molecular formula is C15H13ClF3N3O4. The van der Waals surface area contributed by atoms with E-state index in [4.69, 9.17) is 16.3 Å². The van der Waals surface area contributed by atoms with Crippen LogP contribution in [0.1, 0.15) is 17.3 Å². The number of nitrogens with zero attached hydrogens (tertiary/aromatic N) is 2. The minimum absolute atomic E-state index is 0.146. The van der Waals surface area contributed by atoms with E-state index in [-0.39, 0.29) is 10.6 Å². The maximum atomic E-state index is 12.5. The van der Waals surface area contributed by atoms with Gasteiger partial charge in [0.1, 0.15) is 12.3 Å². The molecule has 0 spiro atoms. The fourth-order valence-electron chi connectivity index (χ4n) is 2.10. The molecule has 1 heterocycles. The summed E-state index contributed by atoms with van der Waals surface area (Å²) >= 11 is 5.94. The highest BCUT2D eigenvalue weighted by atomic mass is 35.5. The third kappa shape index (κ3) is 4.66. The lowest BCUT2D eigenvalue weighted by Crippen LogP contribution is -2.36. The van der Waals surface area contributed by atoms with Crippen molar-refractivity contribution < 1.29 is 32.6 Å². The van der Waals surface area contributed by atoms with E-state index < -0.39 is 36.3 Å². The first-order valence-corrected chi connectivity index (χ1v) is 7.46. The molecule has 2 aromatic rings. The molecule has 7 nitrogen and oxygen atoms in total. The van der Waals surface area contributed by atoms with Crippen molar-refractivity contribution in [3.63, 3.8) is 0 Å². The zero-order chi connectivity index (χ0) is 19.5. The van der Waals surface area contributed by atoms with Gasteiger partial charge in [-0.15, -0.1) is 0 Å². The van der Waals surface area contributed by atoms with E-state index in [0.717, 1.165) is 10.9 Å². The van der Waals surface area contributed by atoms with Crippen LogP contribution in [0.5, 0.6) is 5.75 Å². The molecule has 0 aliphatic heterocycles. The third-order valence-electron chi connectivity index (χ3n) is 3.30.